The number of amides is 1. The van der Waals surface area contributed by atoms with E-state index in [2.05, 4.69) is 5.32 Å². The smallest absolute Gasteiger partial charge is 0.224 e. The van der Waals surface area contributed by atoms with Crippen molar-refractivity contribution in [2.45, 2.75) is 12.5 Å². The summed E-state index contributed by atoms with van der Waals surface area (Å²) in [7, 11) is 5.09. The Balaban J connectivity index is 2.31. The van der Waals surface area contributed by atoms with E-state index in [1.54, 1.807) is 19.1 Å². The van der Waals surface area contributed by atoms with Gasteiger partial charge in [0.05, 0.1) is 14.2 Å². The van der Waals surface area contributed by atoms with E-state index in [1.807, 2.05) is 25.2 Å². The van der Waals surface area contributed by atoms with Gasteiger partial charge in [0, 0.05) is 38.2 Å². The van der Waals surface area contributed by atoms with Crippen molar-refractivity contribution in [3.8, 4) is 11.5 Å². The molecule has 1 aromatic rings. The Morgan fingerprint density at radius 2 is 2.11 bits per heavy atom. The molecule has 1 aliphatic heterocycles. The molecular formula is C14H20N2O3. The zero-order chi connectivity index (χ0) is 13.8. The second kappa shape index (κ2) is 5.93. The fourth-order valence-electron chi connectivity index (χ4n) is 2.27. The minimum atomic E-state index is -0.0394. The number of likely N-dealkylation sites (N-methyl/N-ethyl adjacent to an activating group) is 1. The zero-order valence-electron chi connectivity index (χ0n) is 11.6. The number of benzene rings is 1. The molecule has 0 bridgehead atoms. The second-order valence-corrected chi connectivity index (χ2v) is 4.63. The lowest BCUT2D eigenvalue weighted by atomic mass is 10.0. The number of carbonyl (C=O) groups excluding carboxylic acids is 1. The van der Waals surface area contributed by atoms with Crippen LogP contribution in [0.5, 0.6) is 11.5 Å². The van der Waals surface area contributed by atoms with Gasteiger partial charge in [-0.05, 0) is 18.2 Å². The molecule has 1 N–H and O–H groups in total. The Bertz CT molecular complexity index is 462. The molecule has 104 valence electrons. The first-order valence-corrected chi connectivity index (χ1v) is 6.35. The zero-order valence-corrected chi connectivity index (χ0v) is 11.6. The number of methoxy groups -OCH3 is 2. The number of hydrogen-bond donors (Lipinski definition) is 1. The van der Waals surface area contributed by atoms with Crippen LogP contribution in [0, 0.1) is 0 Å². The fraction of sp³-hybridized carbons (Fsp3) is 0.500. The highest BCUT2D eigenvalue weighted by atomic mass is 16.5. The average molecular weight is 264 g/mol. The monoisotopic (exact) mass is 264 g/mol. The first-order valence-electron chi connectivity index (χ1n) is 6.35. The molecule has 19 heavy (non-hydrogen) atoms. The minimum Gasteiger partial charge on any atom is -0.497 e. The van der Waals surface area contributed by atoms with Crippen molar-refractivity contribution in [1.29, 1.82) is 0 Å². The van der Waals surface area contributed by atoms with Gasteiger partial charge >= 0.3 is 0 Å². The van der Waals surface area contributed by atoms with Gasteiger partial charge < -0.3 is 19.7 Å². The predicted octanol–water partition coefficient (Wildman–Crippen LogP) is 1.20. The van der Waals surface area contributed by atoms with Crippen LogP contribution in [0.2, 0.25) is 0 Å². The number of hydrogen-bond acceptors (Lipinski definition) is 4. The number of carbonyl (C=O) groups is 1. The normalized spacial score (nSPS) is 20.1. The van der Waals surface area contributed by atoms with E-state index >= 15 is 0 Å². The molecule has 1 aromatic carbocycles. The van der Waals surface area contributed by atoms with Gasteiger partial charge in [-0.1, -0.05) is 0 Å². The van der Waals surface area contributed by atoms with Crippen LogP contribution in [-0.2, 0) is 4.79 Å². The van der Waals surface area contributed by atoms with Crippen molar-refractivity contribution in [1.82, 2.24) is 10.2 Å². The highest BCUT2D eigenvalue weighted by molar-refractivity contribution is 5.77. The highest BCUT2D eigenvalue weighted by Crippen LogP contribution is 2.31. The Hall–Kier alpha value is -1.75. The summed E-state index contributed by atoms with van der Waals surface area (Å²) in [5.74, 6) is 1.68. The average Bonchev–Trinajstić information content (AvgIpc) is 2.60. The van der Waals surface area contributed by atoms with Crippen LogP contribution in [-0.4, -0.2) is 45.2 Å². The van der Waals surface area contributed by atoms with Crippen LogP contribution >= 0.6 is 0 Å². The van der Waals surface area contributed by atoms with Gasteiger partial charge in [-0.25, -0.2) is 0 Å². The van der Waals surface area contributed by atoms with E-state index in [4.69, 9.17) is 9.47 Å². The summed E-state index contributed by atoms with van der Waals surface area (Å²) in [5, 5.41) is 3.39. The molecular weight excluding hydrogens is 244 g/mol. The first kappa shape index (κ1) is 13.7. The lowest BCUT2D eigenvalue weighted by Crippen LogP contribution is -2.27. The third kappa shape index (κ3) is 2.98. The number of nitrogens with one attached hydrogen (secondary N) is 1. The maximum absolute atomic E-state index is 12.0. The van der Waals surface area contributed by atoms with Crippen molar-refractivity contribution < 1.29 is 14.3 Å². The van der Waals surface area contributed by atoms with E-state index in [0.29, 0.717) is 6.42 Å². The Kier molecular flexibility index (Phi) is 4.27. The maximum Gasteiger partial charge on any atom is 0.224 e. The van der Waals surface area contributed by atoms with Gasteiger partial charge in [0.15, 0.2) is 0 Å². The van der Waals surface area contributed by atoms with Gasteiger partial charge in [0.2, 0.25) is 5.91 Å². The summed E-state index contributed by atoms with van der Waals surface area (Å²) in [6, 6.07) is 5.61. The Morgan fingerprint density at radius 3 is 2.79 bits per heavy atom. The van der Waals surface area contributed by atoms with Gasteiger partial charge in [0.25, 0.3) is 0 Å². The molecule has 5 heteroatoms. The molecule has 5 nitrogen and oxygen atoms in total. The predicted molar refractivity (Wildman–Crippen MR) is 72.5 cm³/mol. The van der Waals surface area contributed by atoms with Crippen LogP contribution < -0.4 is 14.8 Å². The van der Waals surface area contributed by atoms with Crippen molar-refractivity contribution in [3.05, 3.63) is 23.8 Å². The minimum absolute atomic E-state index is 0.0394. The molecule has 0 aliphatic carbocycles. The summed E-state index contributed by atoms with van der Waals surface area (Å²) in [5.41, 5.74) is 0.963. The van der Waals surface area contributed by atoms with E-state index in [9.17, 15) is 4.79 Å². The Morgan fingerprint density at radius 1 is 1.32 bits per heavy atom. The summed E-state index contributed by atoms with van der Waals surface area (Å²) < 4.78 is 10.6. The molecule has 0 aromatic heterocycles. The maximum atomic E-state index is 12.0. The molecule has 0 spiro atoms. The number of rotatable bonds is 3. The molecule has 1 saturated heterocycles. The SMILES string of the molecule is COc1ccc(OC)c(C2CC(=O)N(C)CCN2)c1. The van der Waals surface area contributed by atoms with Crippen LogP contribution in [0.25, 0.3) is 0 Å². The number of ether oxygens (including phenoxy) is 2. The molecule has 1 fully saturated rings. The second-order valence-electron chi connectivity index (χ2n) is 4.63. The van der Waals surface area contributed by atoms with Crippen molar-refractivity contribution in [3.63, 3.8) is 0 Å². The van der Waals surface area contributed by atoms with Gasteiger partial charge in [-0.2, -0.15) is 0 Å². The van der Waals surface area contributed by atoms with E-state index in [1.165, 1.54) is 0 Å². The van der Waals surface area contributed by atoms with Crippen LogP contribution in [0.1, 0.15) is 18.0 Å². The molecule has 1 heterocycles. The van der Waals surface area contributed by atoms with Gasteiger partial charge in [-0.15, -0.1) is 0 Å². The van der Waals surface area contributed by atoms with E-state index < -0.39 is 0 Å². The topological polar surface area (TPSA) is 50.8 Å². The molecule has 1 atom stereocenters. The highest BCUT2D eigenvalue weighted by Gasteiger charge is 2.24. The van der Waals surface area contributed by atoms with Crippen molar-refractivity contribution in [2.24, 2.45) is 0 Å². The van der Waals surface area contributed by atoms with Crippen molar-refractivity contribution in [2.75, 3.05) is 34.4 Å². The third-order valence-corrected chi connectivity index (χ3v) is 3.45. The van der Waals surface area contributed by atoms with Crippen LogP contribution in [0.3, 0.4) is 0 Å². The Labute approximate surface area is 113 Å². The quantitative estimate of drug-likeness (QED) is 0.891. The standard InChI is InChI=1S/C14H20N2O3/c1-16-7-6-15-12(9-14(16)17)11-8-10(18-2)4-5-13(11)19-3/h4-5,8,12,15H,6-7,9H2,1-3H3. The molecule has 0 saturated carbocycles. The first-order chi connectivity index (χ1) is 9.15. The van der Waals surface area contributed by atoms with Gasteiger partial charge in [-0.3, -0.25) is 4.79 Å². The van der Waals surface area contributed by atoms with Crippen LogP contribution in [0.4, 0.5) is 0 Å². The summed E-state index contributed by atoms with van der Waals surface area (Å²) in [4.78, 5) is 13.7. The lowest BCUT2D eigenvalue weighted by molar-refractivity contribution is -0.129. The summed E-state index contributed by atoms with van der Waals surface area (Å²) >= 11 is 0. The largest absolute Gasteiger partial charge is 0.497 e. The summed E-state index contributed by atoms with van der Waals surface area (Å²) in [6.45, 7) is 1.49. The van der Waals surface area contributed by atoms with Crippen LogP contribution in [0.15, 0.2) is 18.2 Å². The van der Waals surface area contributed by atoms with Crippen molar-refractivity contribution >= 4 is 5.91 Å². The van der Waals surface area contributed by atoms with Gasteiger partial charge in [0.1, 0.15) is 11.5 Å². The van der Waals surface area contributed by atoms with E-state index in [-0.39, 0.29) is 11.9 Å². The lowest BCUT2D eigenvalue weighted by Gasteiger charge is -2.19. The molecule has 1 aliphatic rings. The molecule has 2 rings (SSSR count). The third-order valence-electron chi connectivity index (χ3n) is 3.45. The number of nitrogens with zero attached hydrogens (tertiary/aromatic N) is 1. The molecule has 0 radical (unpaired) electrons. The summed E-state index contributed by atoms with van der Waals surface area (Å²) in [6.07, 6.45) is 0.431. The van der Waals surface area contributed by atoms with E-state index in [0.717, 1.165) is 30.2 Å². The molecule has 1 amide bonds. The fourth-order valence-corrected chi connectivity index (χ4v) is 2.27. The molecule has 1 unspecified atom stereocenters.